The maximum atomic E-state index is 12.4. The van der Waals surface area contributed by atoms with E-state index in [4.69, 9.17) is 4.52 Å². The second-order valence-electron chi connectivity index (χ2n) is 5.01. The standard InChI is InChI=1S/C14H21N5O2/c1-5-7-10-8-12(19(4)17-10)13(20)16-11(6-2)14-15-9(3)18-21-14/h8,11H,5-7H2,1-4H3,(H,16,20)/t11-/m0/s1. The van der Waals surface area contributed by atoms with Crippen LogP contribution in [0.25, 0.3) is 0 Å². The Balaban J connectivity index is 2.12. The Morgan fingerprint density at radius 1 is 1.48 bits per heavy atom. The molecule has 0 saturated heterocycles. The van der Waals surface area contributed by atoms with Crippen LogP contribution in [0.3, 0.4) is 0 Å². The lowest BCUT2D eigenvalue weighted by Crippen LogP contribution is -2.30. The molecular weight excluding hydrogens is 270 g/mol. The summed E-state index contributed by atoms with van der Waals surface area (Å²) in [5.74, 6) is 0.804. The fourth-order valence-corrected chi connectivity index (χ4v) is 2.14. The van der Waals surface area contributed by atoms with Gasteiger partial charge in [0.2, 0.25) is 5.89 Å². The van der Waals surface area contributed by atoms with Gasteiger partial charge in [0.25, 0.3) is 5.91 Å². The van der Waals surface area contributed by atoms with Crippen molar-refractivity contribution >= 4 is 5.91 Å². The van der Waals surface area contributed by atoms with Crippen LogP contribution in [0.2, 0.25) is 0 Å². The molecule has 0 aromatic carbocycles. The number of aryl methyl sites for hydroxylation is 3. The molecule has 7 nitrogen and oxygen atoms in total. The zero-order chi connectivity index (χ0) is 15.4. The summed E-state index contributed by atoms with van der Waals surface area (Å²) in [6, 6.07) is 1.54. The van der Waals surface area contributed by atoms with E-state index in [0.29, 0.717) is 23.8 Å². The van der Waals surface area contributed by atoms with Crippen molar-refractivity contribution in [3.8, 4) is 0 Å². The smallest absolute Gasteiger partial charge is 0.270 e. The molecule has 0 fully saturated rings. The highest BCUT2D eigenvalue weighted by molar-refractivity contribution is 5.92. The first-order chi connectivity index (χ1) is 10.0. The maximum Gasteiger partial charge on any atom is 0.270 e. The van der Waals surface area contributed by atoms with Crippen molar-refractivity contribution < 1.29 is 9.32 Å². The zero-order valence-corrected chi connectivity index (χ0v) is 12.9. The molecular formula is C14H21N5O2. The molecule has 0 saturated carbocycles. The first-order valence-electron chi connectivity index (χ1n) is 7.19. The molecule has 2 rings (SSSR count). The quantitative estimate of drug-likeness (QED) is 0.879. The Kier molecular flexibility index (Phi) is 4.72. The van der Waals surface area contributed by atoms with E-state index >= 15 is 0 Å². The number of carbonyl (C=O) groups is 1. The number of rotatable bonds is 6. The average molecular weight is 291 g/mol. The minimum atomic E-state index is -0.289. The van der Waals surface area contributed by atoms with Crippen molar-refractivity contribution in [3.63, 3.8) is 0 Å². The third-order valence-corrected chi connectivity index (χ3v) is 3.22. The Morgan fingerprint density at radius 2 is 2.24 bits per heavy atom. The van der Waals surface area contributed by atoms with Gasteiger partial charge in [-0.15, -0.1) is 0 Å². The van der Waals surface area contributed by atoms with E-state index in [1.54, 1.807) is 18.7 Å². The van der Waals surface area contributed by atoms with Gasteiger partial charge in [-0.2, -0.15) is 10.1 Å². The fourth-order valence-electron chi connectivity index (χ4n) is 2.14. The van der Waals surface area contributed by atoms with Crippen molar-refractivity contribution in [1.29, 1.82) is 0 Å². The van der Waals surface area contributed by atoms with E-state index < -0.39 is 0 Å². The first-order valence-corrected chi connectivity index (χ1v) is 7.19. The summed E-state index contributed by atoms with van der Waals surface area (Å²) in [7, 11) is 1.77. The summed E-state index contributed by atoms with van der Waals surface area (Å²) < 4.78 is 6.73. The van der Waals surface area contributed by atoms with Crippen molar-refractivity contribution in [2.75, 3.05) is 0 Å². The van der Waals surface area contributed by atoms with Gasteiger partial charge in [0.1, 0.15) is 11.7 Å². The van der Waals surface area contributed by atoms with Crippen molar-refractivity contribution in [2.45, 2.75) is 46.1 Å². The average Bonchev–Trinajstić information content (AvgIpc) is 3.02. The largest absolute Gasteiger partial charge is 0.339 e. The van der Waals surface area contributed by atoms with Gasteiger partial charge in [-0.25, -0.2) is 0 Å². The van der Waals surface area contributed by atoms with E-state index in [-0.39, 0.29) is 11.9 Å². The normalized spacial score (nSPS) is 12.4. The lowest BCUT2D eigenvalue weighted by Gasteiger charge is -2.12. The highest BCUT2D eigenvalue weighted by Crippen LogP contribution is 2.15. The molecule has 0 radical (unpaired) electrons. The van der Waals surface area contributed by atoms with Gasteiger partial charge in [0, 0.05) is 7.05 Å². The highest BCUT2D eigenvalue weighted by Gasteiger charge is 2.21. The predicted octanol–water partition coefficient (Wildman–Crippen LogP) is 1.95. The van der Waals surface area contributed by atoms with Crippen LogP contribution in [0.15, 0.2) is 10.6 Å². The van der Waals surface area contributed by atoms with Crippen LogP contribution in [0, 0.1) is 6.92 Å². The second-order valence-corrected chi connectivity index (χ2v) is 5.01. The molecule has 1 atom stereocenters. The Bertz CT molecular complexity index is 617. The number of nitrogens with zero attached hydrogens (tertiary/aromatic N) is 4. The van der Waals surface area contributed by atoms with Gasteiger partial charge in [-0.3, -0.25) is 9.48 Å². The zero-order valence-electron chi connectivity index (χ0n) is 12.9. The van der Waals surface area contributed by atoms with Crippen LogP contribution in [0.4, 0.5) is 0 Å². The van der Waals surface area contributed by atoms with Crippen LogP contribution >= 0.6 is 0 Å². The van der Waals surface area contributed by atoms with Gasteiger partial charge >= 0.3 is 0 Å². The molecule has 2 heterocycles. The van der Waals surface area contributed by atoms with Gasteiger partial charge < -0.3 is 9.84 Å². The van der Waals surface area contributed by atoms with Gasteiger partial charge in [0.05, 0.1) is 5.69 Å². The predicted molar refractivity (Wildman–Crippen MR) is 76.7 cm³/mol. The van der Waals surface area contributed by atoms with Gasteiger partial charge in [0.15, 0.2) is 5.82 Å². The topological polar surface area (TPSA) is 85.8 Å². The van der Waals surface area contributed by atoms with Crippen LogP contribution in [-0.4, -0.2) is 25.8 Å². The van der Waals surface area contributed by atoms with E-state index in [9.17, 15) is 4.79 Å². The number of hydrogen-bond acceptors (Lipinski definition) is 5. The third kappa shape index (κ3) is 3.48. The number of carbonyl (C=O) groups excluding carboxylic acids is 1. The summed E-state index contributed by atoms with van der Waals surface area (Å²) in [6.07, 6.45) is 2.53. The van der Waals surface area contributed by atoms with Crippen molar-refractivity contribution in [2.24, 2.45) is 7.05 Å². The number of hydrogen-bond donors (Lipinski definition) is 1. The van der Waals surface area contributed by atoms with Gasteiger partial charge in [-0.05, 0) is 25.8 Å². The van der Waals surface area contributed by atoms with Crippen LogP contribution in [-0.2, 0) is 13.5 Å². The Morgan fingerprint density at radius 3 is 2.81 bits per heavy atom. The minimum Gasteiger partial charge on any atom is -0.339 e. The second kappa shape index (κ2) is 6.51. The fraction of sp³-hybridized carbons (Fsp3) is 0.571. The SMILES string of the molecule is CCCc1cc(C(=O)N[C@@H](CC)c2nc(C)no2)n(C)n1. The van der Waals surface area contributed by atoms with E-state index in [2.05, 4.69) is 27.5 Å². The number of nitrogens with one attached hydrogen (secondary N) is 1. The maximum absolute atomic E-state index is 12.4. The van der Waals surface area contributed by atoms with Gasteiger partial charge in [-0.1, -0.05) is 25.4 Å². The van der Waals surface area contributed by atoms with E-state index in [1.165, 1.54) is 0 Å². The molecule has 1 amide bonds. The van der Waals surface area contributed by atoms with E-state index in [1.807, 2.05) is 13.0 Å². The number of aromatic nitrogens is 4. The molecule has 0 spiro atoms. The third-order valence-electron chi connectivity index (χ3n) is 3.22. The Labute approximate surface area is 123 Å². The highest BCUT2D eigenvalue weighted by atomic mass is 16.5. The molecule has 2 aromatic rings. The van der Waals surface area contributed by atoms with Crippen molar-refractivity contribution in [1.82, 2.24) is 25.2 Å². The molecule has 21 heavy (non-hydrogen) atoms. The minimum absolute atomic E-state index is 0.185. The summed E-state index contributed by atoms with van der Waals surface area (Å²) in [5, 5.41) is 11.0. The molecule has 0 aliphatic carbocycles. The molecule has 0 aliphatic rings. The van der Waals surface area contributed by atoms with Crippen LogP contribution in [0.5, 0.6) is 0 Å². The molecule has 114 valence electrons. The first kappa shape index (κ1) is 15.2. The summed E-state index contributed by atoms with van der Waals surface area (Å²) in [4.78, 5) is 16.5. The summed E-state index contributed by atoms with van der Waals surface area (Å²) in [5.41, 5.74) is 1.46. The van der Waals surface area contributed by atoms with Crippen LogP contribution < -0.4 is 5.32 Å². The lowest BCUT2D eigenvalue weighted by molar-refractivity contribution is 0.0917. The summed E-state index contributed by atoms with van der Waals surface area (Å²) >= 11 is 0. The molecule has 0 unspecified atom stereocenters. The monoisotopic (exact) mass is 291 g/mol. The molecule has 0 bridgehead atoms. The molecule has 7 heteroatoms. The molecule has 1 N–H and O–H groups in total. The summed E-state index contributed by atoms with van der Waals surface area (Å²) in [6.45, 7) is 5.79. The van der Waals surface area contributed by atoms with Crippen molar-refractivity contribution in [3.05, 3.63) is 29.2 Å². The molecule has 0 aliphatic heterocycles. The molecule has 2 aromatic heterocycles. The lowest BCUT2D eigenvalue weighted by atomic mass is 10.2. The van der Waals surface area contributed by atoms with Crippen LogP contribution in [0.1, 0.15) is 60.6 Å². The Hall–Kier alpha value is -2.18. The number of amides is 1. The van der Waals surface area contributed by atoms with E-state index in [0.717, 1.165) is 18.5 Å².